The second-order valence-electron chi connectivity index (χ2n) is 4.61. The number of ether oxygens (including phenoxy) is 1. The zero-order valence-electron chi connectivity index (χ0n) is 10.3. The van der Waals surface area contributed by atoms with E-state index in [1.165, 1.54) is 0 Å². The first-order chi connectivity index (χ1) is 8.61. The molecule has 0 aromatic heterocycles. The fourth-order valence-electron chi connectivity index (χ4n) is 2.50. The molecule has 1 aromatic carbocycles. The highest BCUT2D eigenvalue weighted by atomic mass is 16.5. The van der Waals surface area contributed by atoms with Crippen molar-refractivity contribution in [1.29, 1.82) is 0 Å². The van der Waals surface area contributed by atoms with Crippen LogP contribution in [0.5, 0.6) is 5.75 Å². The van der Waals surface area contributed by atoms with E-state index in [4.69, 9.17) is 4.74 Å². The zero-order valence-corrected chi connectivity index (χ0v) is 10.3. The van der Waals surface area contributed by atoms with Crippen LogP contribution >= 0.6 is 0 Å². The van der Waals surface area contributed by atoms with Gasteiger partial charge in [-0.3, -0.25) is 9.59 Å². The number of benzene rings is 1. The van der Waals surface area contributed by atoms with Crippen molar-refractivity contribution in [1.82, 2.24) is 0 Å². The third-order valence-corrected chi connectivity index (χ3v) is 3.53. The molecule has 1 aliphatic carbocycles. The summed E-state index contributed by atoms with van der Waals surface area (Å²) in [7, 11) is 1.58. The van der Waals surface area contributed by atoms with Crippen molar-refractivity contribution >= 4 is 11.8 Å². The van der Waals surface area contributed by atoms with Crippen molar-refractivity contribution in [3.8, 4) is 5.75 Å². The van der Waals surface area contributed by atoms with Crippen LogP contribution in [0.15, 0.2) is 24.3 Å². The lowest BCUT2D eigenvalue weighted by atomic mass is 9.75. The van der Waals surface area contributed by atoms with Crippen LogP contribution in [0.4, 0.5) is 0 Å². The topological polar surface area (TPSA) is 63.6 Å². The van der Waals surface area contributed by atoms with Gasteiger partial charge in [-0.15, -0.1) is 0 Å². The summed E-state index contributed by atoms with van der Waals surface area (Å²) >= 11 is 0. The van der Waals surface area contributed by atoms with Crippen molar-refractivity contribution in [2.45, 2.75) is 25.2 Å². The summed E-state index contributed by atoms with van der Waals surface area (Å²) in [6.45, 7) is 0. The normalized spacial score (nSPS) is 23.7. The van der Waals surface area contributed by atoms with E-state index in [0.29, 0.717) is 19.3 Å². The predicted octanol–water partition coefficient (Wildman–Crippen LogP) is 2.23. The van der Waals surface area contributed by atoms with Crippen molar-refractivity contribution in [2.24, 2.45) is 5.92 Å². The molecule has 1 fully saturated rings. The molecule has 1 N–H and O–H groups in total. The van der Waals surface area contributed by atoms with Crippen LogP contribution in [0.25, 0.3) is 0 Å². The van der Waals surface area contributed by atoms with Crippen LogP contribution in [0.2, 0.25) is 0 Å². The first kappa shape index (κ1) is 12.6. The van der Waals surface area contributed by atoms with Gasteiger partial charge in [-0.05, 0) is 24.1 Å². The summed E-state index contributed by atoms with van der Waals surface area (Å²) in [6, 6.07) is 7.29. The van der Waals surface area contributed by atoms with Gasteiger partial charge in [0.1, 0.15) is 11.5 Å². The van der Waals surface area contributed by atoms with Gasteiger partial charge in [0, 0.05) is 18.8 Å². The SMILES string of the molecule is COc1ccc(C2CC(=O)CCC2C(=O)O)cc1. The number of carbonyl (C=O) groups is 2. The van der Waals surface area contributed by atoms with Gasteiger partial charge in [0.25, 0.3) is 0 Å². The van der Waals surface area contributed by atoms with Crippen LogP contribution in [0, 0.1) is 5.92 Å². The Kier molecular flexibility index (Phi) is 3.65. The molecule has 4 nitrogen and oxygen atoms in total. The molecule has 0 heterocycles. The lowest BCUT2D eigenvalue weighted by Crippen LogP contribution is -2.29. The maximum absolute atomic E-state index is 11.5. The van der Waals surface area contributed by atoms with Gasteiger partial charge in [0.15, 0.2) is 0 Å². The molecule has 1 aliphatic rings. The Morgan fingerprint density at radius 2 is 2.00 bits per heavy atom. The monoisotopic (exact) mass is 248 g/mol. The molecule has 2 atom stereocenters. The van der Waals surface area contributed by atoms with Gasteiger partial charge in [0.2, 0.25) is 0 Å². The average molecular weight is 248 g/mol. The van der Waals surface area contributed by atoms with Crippen molar-refractivity contribution < 1.29 is 19.4 Å². The van der Waals surface area contributed by atoms with Crippen LogP contribution < -0.4 is 4.74 Å². The highest BCUT2D eigenvalue weighted by molar-refractivity contribution is 5.83. The molecular formula is C14H16O4. The first-order valence-electron chi connectivity index (χ1n) is 6.00. The lowest BCUT2D eigenvalue weighted by Gasteiger charge is -2.28. The van der Waals surface area contributed by atoms with Crippen molar-refractivity contribution in [2.75, 3.05) is 7.11 Å². The maximum Gasteiger partial charge on any atom is 0.307 e. The number of hydrogen-bond donors (Lipinski definition) is 1. The minimum absolute atomic E-state index is 0.147. The summed E-state index contributed by atoms with van der Waals surface area (Å²) in [5.41, 5.74) is 0.899. The molecule has 2 rings (SSSR count). The minimum atomic E-state index is -0.816. The number of ketones is 1. The largest absolute Gasteiger partial charge is 0.497 e. The molecular weight excluding hydrogens is 232 g/mol. The van der Waals surface area contributed by atoms with E-state index in [1.807, 2.05) is 12.1 Å². The Balaban J connectivity index is 2.25. The number of hydrogen-bond acceptors (Lipinski definition) is 3. The molecule has 0 bridgehead atoms. The standard InChI is InChI=1S/C14H16O4/c1-18-11-5-2-9(3-6-11)13-8-10(15)4-7-12(13)14(16)17/h2-3,5-6,12-13H,4,7-8H2,1H3,(H,16,17). The number of carbonyl (C=O) groups excluding carboxylic acids is 1. The van der Waals surface area contributed by atoms with Crippen LogP contribution in [0.3, 0.4) is 0 Å². The fourth-order valence-corrected chi connectivity index (χ4v) is 2.50. The Bertz CT molecular complexity index is 449. The Hall–Kier alpha value is -1.84. The van der Waals surface area contributed by atoms with Crippen molar-refractivity contribution in [3.63, 3.8) is 0 Å². The molecule has 1 saturated carbocycles. The van der Waals surface area contributed by atoms with Gasteiger partial charge in [0.05, 0.1) is 13.0 Å². The molecule has 96 valence electrons. The van der Waals surface area contributed by atoms with E-state index in [2.05, 4.69) is 0 Å². The summed E-state index contributed by atoms with van der Waals surface area (Å²) in [5.74, 6) is -0.616. The van der Waals surface area contributed by atoms with Crippen LogP contribution in [0.1, 0.15) is 30.7 Å². The van der Waals surface area contributed by atoms with E-state index in [-0.39, 0.29) is 11.7 Å². The van der Waals surface area contributed by atoms with E-state index < -0.39 is 11.9 Å². The number of methoxy groups -OCH3 is 1. The molecule has 2 unspecified atom stereocenters. The molecule has 18 heavy (non-hydrogen) atoms. The van der Waals surface area contributed by atoms with E-state index in [0.717, 1.165) is 11.3 Å². The Morgan fingerprint density at radius 1 is 1.33 bits per heavy atom. The molecule has 0 radical (unpaired) electrons. The molecule has 4 heteroatoms. The fraction of sp³-hybridized carbons (Fsp3) is 0.429. The first-order valence-corrected chi connectivity index (χ1v) is 6.00. The average Bonchev–Trinajstić information content (AvgIpc) is 2.38. The molecule has 0 saturated heterocycles. The smallest absolute Gasteiger partial charge is 0.307 e. The number of rotatable bonds is 3. The lowest BCUT2D eigenvalue weighted by molar-refractivity contribution is -0.144. The summed E-state index contributed by atoms with van der Waals surface area (Å²) in [6.07, 6.45) is 1.14. The summed E-state index contributed by atoms with van der Waals surface area (Å²) in [4.78, 5) is 22.8. The predicted molar refractivity (Wildman–Crippen MR) is 65.7 cm³/mol. The third kappa shape index (κ3) is 2.53. The number of carboxylic acids is 1. The Morgan fingerprint density at radius 3 is 2.56 bits per heavy atom. The van der Waals surface area contributed by atoms with Crippen LogP contribution in [-0.4, -0.2) is 24.0 Å². The van der Waals surface area contributed by atoms with E-state index in [1.54, 1.807) is 19.2 Å². The Labute approximate surface area is 106 Å². The maximum atomic E-state index is 11.5. The van der Waals surface area contributed by atoms with Crippen molar-refractivity contribution in [3.05, 3.63) is 29.8 Å². The third-order valence-electron chi connectivity index (χ3n) is 3.53. The number of carboxylic acid groups (broad SMARTS) is 1. The second kappa shape index (κ2) is 5.21. The van der Waals surface area contributed by atoms with Gasteiger partial charge in [-0.1, -0.05) is 12.1 Å². The molecule has 0 spiro atoms. The highest BCUT2D eigenvalue weighted by Crippen LogP contribution is 2.36. The second-order valence-corrected chi connectivity index (χ2v) is 4.61. The summed E-state index contributed by atoms with van der Waals surface area (Å²) < 4.78 is 5.07. The quantitative estimate of drug-likeness (QED) is 0.891. The van der Waals surface area contributed by atoms with Gasteiger partial charge in [-0.25, -0.2) is 0 Å². The molecule has 1 aromatic rings. The molecule has 0 amide bonds. The highest BCUT2D eigenvalue weighted by Gasteiger charge is 2.35. The van der Waals surface area contributed by atoms with Gasteiger partial charge in [-0.2, -0.15) is 0 Å². The summed E-state index contributed by atoms with van der Waals surface area (Å²) in [5, 5.41) is 9.22. The van der Waals surface area contributed by atoms with E-state index >= 15 is 0 Å². The van der Waals surface area contributed by atoms with Crippen LogP contribution in [-0.2, 0) is 9.59 Å². The van der Waals surface area contributed by atoms with Gasteiger partial charge >= 0.3 is 5.97 Å². The zero-order chi connectivity index (χ0) is 13.1. The molecule has 0 aliphatic heterocycles. The minimum Gasteiger partial charge on any atom is -0.497 e. The van der Waals surface area contributed by atoms with Gasteiger partial charge < -0.3 is 9.84 Å². The number of aliphatic carboxylic acids is 1. The van der Waals surface area contributed by atoms with E-state index in [9.17, 15) is 14.7 Å². The number of Topliss-reactive ketones (excluding diaryl/α,β-unsaturated/α-hetero) is 1.